The Morgan fingerprint density at radius 1 is 1.33 bits per heavy atom. The van der Waals surface area contributed by atoms with E-state index in [4.69, 9.17) is 5.73 Å². The van der Waals surface area contributed by atoms with Crippen LogP contribution < -0.4 is 11.1 Å². The van der Waals surface area contributed by atoms with Crippen LogP contribution in [0.25, 0.3) is 0 Å². The normalized spacial score (nSPS) is 35.2. The van der Waals surface area contributed by atoms with Crippen LogP contribution in [0.1, 0.15) is 32.1 Å². The fourth-order valence-electron chi connectivity index (χ4n) is 3.43. The summed E-state index contributed by atoms with van der Waals surface area (Å²) in [5.74, 6) is 1.29. The molecule has 1 aromatic heterocycles. The van der Waals surface area contributed by atoms with Gasteiger partial charge in [-0.3, -0.25) is 10.1 Å². The highest BCUT2D eigenvalue weighted by Gasteiger charge is 2.40. The van der Waals surface area contributed by atoms with E-state index < -0.39 is 0 Å². The number of nitrogens with two attached hydrogens (primary N) is 1. The van der Waals surface area contributed by atoms with E-state index in [1.807, 2.05) is 0 Å². The Balaban J connectivity index is 1.65. The molecule has 1 aromatic rings. The summed E-state index contributed by atoms with van der Waals surface area (Å²) < 4.78 is 0. The Morgan fingerprint density at radius 3 is 2.67 bits per heavy atom. The first-order valence-corrected chi connectivity index (χ1v) is 6.54. The Bertz CT molecular complexity index is 405. The van der Waals surface area contributed by atoms with Gasteiger partial charge in [0.2, 0.25) is 5.91 Å². The maximum absolute atomic E-state index is 12.1. The molecule has 2 aliphatic rings. The van der Waals surface area contributed by atoms with Crippen LogP contribution in [-0.4, -0.2) is 32.6 Å². The van der Waals surface area contributed by atoms with Crippen LogP contribution in [0.2, 0.25) is 0 Å². The fraction of sp³-hybridized carbons (Fsp3) is 0.818. The number of aromatic nitrogens is 4. The predicted molar refractivity (Wildman–Crippen MR) is 64.3 cm³/mol. The van der Waals surface area contributed by atoms with E-state index in [1.165, 1.54) is 6.42 Å². The van der Waals surface area contributed by atoms with Crippen molar-refractivity contribution in [3.8, 4) is 0 Å². The zero-order valence-electron chi connectivity index (χ0n) is 10.2. The van der Waals surface area contributed by atoms with E-state index in [0.29, 0.717) is 11.8 Å². The smallest absolute Gasteiger partial charge is 0.269 e. The maximum Gasteiger partial charge on any atom is 0.269 e. The minimum Gasteiger partial charge on any atom is -0.327 e. The van der Waals surface area contributed by atoms with Gasteiger partial charge in [0.05, 0.1) is 0 Å². The lowest BCUT2D eigenvalue weighted by Crippen LogP contribution is -2.48. The fourth-order valence-corrected chi connectivity index (χ4v) is 3.43. The molecule has 0 aromatic carbocycles. The van der Waals surface area contributed by atoms with Crippen molar-refractivity contribution in [2.75, 3.05) is 5.32 Å². The van der Waals surface area contributed by atoms with Crippen LogP contribution >= 0.6 is 0 Å². The molecule has 1 heterocycles. The van der Waals surface area contributed by atoms with E-state index in [2.05, 4.69) is 25.9 Å². The molecule has 7 heteroatoms. The van der Waals surface area contributed by atoms with E-state index in [0.717, 1.165) is 25.7 Å². The number of nitrogens with one attached hydrogen (secondary N) is 2. The van der Waals surface area contributed by atoms with Crippen LogP contribution in [0.3, 0.4) is 0 Å². The van der Waals surface area contributed by atoms with Gasteiger partial charge in [-0.05, 0) is 42.7 Å². The number of carbonyl (C=O) groups excluding carboxylic acids is 1. The van der Waals surface area contributed by atoms with Crippen LogP contribution in [0, 0.1) is 17.8 Å². The van der Waals surface area contributed by atoms with Gasteiger partial charge < -0.3 is 5.73 Å². The van der Waals surface area contributed by atoms with Gasteiger partial charge in [0, 0.05) is 12.0 Å². The number of anilines is 1. The minimum atomic E-state index is 0.000185. The van der Waals surface area contributed by atoms with Gasteiger partial charge in [-0.1, -0.05) is 11.5 Å². The van der Waals surface area contributed by atoms with Crippen molar-refractivity contribution in [3.63, 3.8) is 0 Å². The SMILES string of the molecule is NC1C2CCCC1CC(C(=O)Nc1nn[nH]n1)C2. The molecule has 4 N–H and O–H groups in total. The molecule has 2 bridgehead atoms. The number of hydrogen-bond acceptors (Lipinski definition) is 5. The molecular weight excluding hydrogens is 232 g/mol. The van der Waals surface area contributed by atoms with Crippen LogP contribution in [0.15, 0.2) is 0 Å². The number of hydrogen-bond donors (Lipinski definition) is 3. The number of amides is 1. The lowest BCUT2D eigenvalue weighted by molar-refractivity contribution is -0.122. The second-order valence-corrected chi connectivity index (χ2v) is 5.42. The molecule has 2 unspecified atom stereocenters. The number of tetrazole rings is 1. The van der Waals surface area contributed by atoms with Crippen LogP contribution in [0.5, 0.6) is 0 Å². The Hall–Kier alpha value is -1.50. The molecule has 2 atom stereocenters. The van der Waals surface area contributed by atoms with E-state index in [-0.39, 0.29) is 23.8 Å². The van der Waals surface area contributed by atoms with Crippen molar-refractivity contribution in [2.45, 2.75) is 38.1 Å². The average molecular weight is 250 g/mol. The molecule has 0 saturated heterocycles. The molecule has 0 aliphatic heterocycles. The van der Waals surface area contributed by atoms with Crippen LogP contribution in [-0.2, 0) is 4.79 Å². The topological polar surface area (TPSA) is 110 Å². The number of aromatic amines is 1. The van der Waals surface area contributed by atoms with E-state index in [9.17, 15) is 4.79 Å². The number of fused-ring (bicyclic) bond motifs is 2. The number of H-pyrrole nitrogens is 1. The van der Waals surface area contributed by atoms with Gasteiger partial charge in [-0.15, -0.1) is 5.10 Å². The highest BCUT2D eigenvalue weighted by atomic mass is 16.2. The summed E-state index contributed by atoms with van der Waals surface area (Å²) in [5.41, 5.74) is 6.21. The van der Waals surface area contributed by atoms with E-state index in [1.54, 1.807) is 0 Å². The first-order valence-electron chi connectivity index (χ1n) is 6.54. The van der Waals surface area contributed by atoms with Crippen molar-refractivity contribution < 1.29 is 4.79 Å². The second kappa shape index (κ2) is 4.64. The van der Waals surface area contributed by atoms with Gasteiger partial charge >= 0.3 is 0 Å². The molecule has 3 rings (SSSR count). The third kappa shape index (κ3) is 2.10. The lowest BCUT2D eigenvalue weighted by Gasteiger charge is -2.43. The molecule has 7 nitrogen and oxygen atoms in total. The van der Waals surface area contributed by atoms with Gasteiger partial charge in [-0.2, -0.15) is 5.21 Å². The summed E-state index contributed by atoms with van der Waals surface area (Å²) >= 11 is 0. The molecule has 2 fully saturated rings. The zero-order chi connectivity index (χ0) is 12.5. The van der Waals surface area contributed by atoms with Crippen molar-refractivity contribution in [1.29, 1.82) is 0 Å². The third-order valence-electron chi connectivity index (χ3n) is 4.36. The molecule has 1 amide bonds. The lowest BCUT2D eigenvalue weighted by atomic mass is 9.65. The largest absolute Gasteiger partial charge is 0.327 e. The molecule has 0 radical (unpaired) electrons. The summed E-state index contributed by atoms with van der Waals surface area (Å²) in [6.07, 6.45) is 5.35. The summed E-state index contributed by atoms with van der Waals surface area (Å²) in [5, 5.41) is 15.9. The van der Waals surface area contributed by atoms with E-state index >= 15 is 0 Å². The molecule has 2 saturated carbocycles. The average Bonchev–Trinajstić information content (AvgIpc) is 2.81. The van der Waals surface area contributed by atoms with Crippen molar-refractivity contribution in [1.82, 2.24) is 20.6 Å². The van der Waals surface area contributed by atoms with Crippen molar-refractivity contribution in [3.05, 3.63) is 0 Å². The molecule has 18 heavy (non-hydrogen) atoms. The van der Waals surface area contributed by atoms with Crippen molar-refractivity contribution in [2.24, 2.45) is 23.5 Å². The van der Waals surface area contributed by atoms with Gasteiger partial charge in [0.15, 0.2) is 0 Å². The third-order valence-corrected chi connectivity index (χ3v) is 4.36. The molecule has 98 valence electrons. The Labute approximate surface area is 105 Å². The highest BCUT2D eigenvalue weighted by molar-refractivity contribution is 5.90. The first-order chi connectivity index (χ1) is 8.74. The molecule has 2 aliphatic carbocycles. The van der Waals surface area contributed by atoms with Gasteiger partial charge in [0.25, 0.3) is 5.95 Å². The summed E-state index contributed by atoms with van der Waals surface area (Å²) in [6.45, 7) is 0. The standard InChI is InChI=1S/C11H18N6O/c12-9-6-2-1-3-7(9)5-8(4-6)10(18)13-11-14-16-17-15-11/h6-9H,1-5,12H2,(H2,13,14,15,16,17,18). The number of carbonyl (C=O) groups is 1. The highest BCUT2D eigenvalue weighted by Crippen LogP contribution is 2.42. The van der Waals surface area contributed by atoms with Gasteiger partial charge in [0.1, 0.15) is 0 Å². The molecular formula is C11H18N6O. The monoisotopic (exact) mass is 250 g/mol. The minimum absolute atomic E-state index is 0.000185. The summed E-state index contributed by atoms with van der Waals surface area (Å²) in [6, 6.07) is 0.285. The van der Waals surface area contributed by atoms with Gasteiger partial charge in [-0.25, -0.2) is 0 Å². The quantitative estimate of drug-likeness (QED) is 0.699. The maximum atomic E-state index is 12.1. The molecule has 0 spiro atoms. The van der Waals surface area contributed by atoms with Crippen molar-refractivity contribution >= 4 is 11.9 Å². The number of rotatable bonds is 2. The Kier molecular flexibility index (Phi) is 2.99. The first kappa shape index (κ1) is 11.6. The number of nitrogens with zero attached hydrogens (tertiary/aromatic N) is 3. The summed E-state index contributed by atoms with van der Waals surface area (Å²) in [4.78, 5) is 12.1. The Morgan fingerprint density at radius 2 is 2.06 bits per heavy atom. The predicted octanol–water partition coefficient (Wildman–Crippen LogP) is 0.292. The zero-order valence-corrected chi connectivity index (χ0v) is 10.2. The summed E-state index contributed by atoms with van der Waals surface area (Å²) in [7, 11) is 0. The van der Waals surface area contributed by atoms with Crippen LogP contribution in [0.4, 0.5) is 5.95 Å². The second-order valence-electron chi connectivity index (χ2n) is 5.42.